The molecule has 4 rings (SSSR count). The molecule has 0 bridgehead atoms. The van der Waals surface area contributed by atoms with Crippen LogP contribution in [0.2, 0.25) is 0 Å². The maximum Gasteiger partial charge on any atom is 0.257 e. The Bertz CT molecular complexity index is 1120. The highest BCUT2D eigenvalue weighted by Crippen LogP contribution is 2.31. The first kappa shape index (κ1) is 29.0. The minimum absolute atomic E-state index is 0.0406. The van der Waals surface area contributed by atoms with Gasteiger partial charge >= 0.3 is 0 Å². The average molecular weight is 542 g/mol. The Balaban J connectivity index is 1.34. The predicted octanol–water partition coefficient (Wildman–Crippen LogP) is 5.45. The van der Waals surface area contributed by atoms with E-state index in [2.05, 4.69) is 4.90 Å². The highest BCUT2D eigenvalue weighted by atomic mass is 19.1. The molecule has 0 unspecified atom stereocenters. The molecule has 39 heavy (non-hydrogen) atoms. The number of rotatable bonds is 10. The van der Waals surface area contributed by atoms with Gasteiger partial charge in [0.2, 0.25) is 5.91 Å². The number of benzene rings is 2. The zero-order valence-corrected chi connectivity index (χ0v) is 23.1. The number of primary amides is 1. The van der Waals surface area contributed by atoms with E-state index in [0.717, 1.165) is 37.2 Å². The average Bonchev–Trinajstić information content (AvgIpc) is 2.96. The Labute approximate surface area is 230 Å². The molecule has 2 fully saturated rings. The molecule has 0 saturated carbocycles. The summed E-state index contributed by atoms with van der Waals surface area (Å²) in [5.74, 6) is -0.396. The number of nitrogens with two attached hydrogens (primary N) is 1. The first-order chi connectivity index (χ1) is 18.7. The van der Waals surface area contributed by atoms with Gasteiger partial charge in [-0.1, -0.05) is 38.1 Å². The van der Waals surface area contributed by atoms with Crippen LogP contribution in [-0.4, -0.2) is 66.6 Å². The fourth-order valence-corrected chi connectivity index (χ4v) is 5.64. The standard InChI is InChI=1S/C31H41F2N3O3/c1-3-31(33,4-2)21-35-16-12-22(13-17-35)20-39-25-10-8-23(9-11-25)26-6-5-7-27(32)28(26)30(38)36-18-14-24(15-19-36)29(34)37/h5-11,22,24H,3-4,12-21H2,1-2H3,(H2,34,37). The van der Waals surface area contributed by atoms with E-state index >= 15 is 0 Å². The second kappa shape index (κ2) is 12.9. The molecule has 2 N–H and O–H groups in total. The van der Waals surface area contributed by atoms with Gasteiger partial charge in [0.05, 0.1) is 12.2 Å². The smallest absolute Gasteiger partial charge is 0.257 e. The number of hydrogen-bond donors (Lipinski definition) is 1. The second-order valence-corrected chi connectivity index (χ2v) is 11.0. The molecule has 0 radical (unpaired) electrons. The summed E-state index contributed by atoms with van der Waals surface area (Å²) in [7, 11) is 0. The van der Waals surface area contributed by atoms with Crippen LogP contribution >= 0.6 is 0 Å². The molecule has 2 heterocycles. The molecule has 2 aliphatic rings. The molecular weight excluding hydrogens is 500 g/mol. The monoisotopic (exact) mass is 541 g/mol. The largest absolute Gasteiger partial charge is 0.493 e. The van der Waals surface area contributed by atoms with Gasteiger partial charge in [0, 0.05) is 25.6 Å². The topological polar surface area (TPSA) is 75.9 Å². The van der Waals surface area contributed by atoms with Crippen LogP contribution in [0.15, 0.2) is 42.5 Å². The van der Waals surface area contributed by atoms with Crippen molar-refractivity contribution in [3.63, 3.8) is 0 Å². The number of nitrogens with zero attached hydrogens (tertiary/aromatic N) is 2. The van der Waals surface area contributed by atoms with Gasteiger partial charge in [-0.3, -0.25) is 9.59 Å². The van der Waals surface area contributed by atoms with Crippen LogP contribution in [0.3, 0.4) is 0 Å². The minimum Gasteiger partial charge on any atom is -0.493 e. The summed E-state index contributed by atoms with van der Waals surface area (Å²) in [4.78, 5) is 28.6. The van der Waals surface area contributed by atoms with Gasteiger partial charge < -0.3 is 20.3 Å². The van der Waals surface area contributed by atoms with Gasteiger partial charge in [0.25, 0.3) is 5.91 Å². The maximum atomic E-state index is 14.9. The minimum atomic E-state index is -1.10. The van der Waals surface area contributed by atoms with Crippen molar-refractivity contribution in [2.24, 2.45) is 17.6 Å². The molecule has 6 nitrogen and oxygen atoms in total. The van der Waals surface area contributed by atoms with Crippen molar-refractivity contribution >= 4 is 11.8 Å². The highest BCUT2D eigenvalue weighted by molar-refractivity contribution is 6.01. The van der Waals surface area contributed by atoms with E-state index in [1.165, 1.54) is 6.07 Å². The highest BCUT2D eigenvalue weighted by Gasteiger charge is 2.31. The number of halogens is 2. The second-order valence-electron chi connectivity index (χ2n) is 11.0. The predicted molar refractivity (Wildman–Crippen MR) is 149 cm³/mol. The molecule has 0 aromatic heterocycles. The number of alkyl halides is 1. The number of carbonyl (C=O) groups is 2. The van der Waals surface area contributed by atoms with Crippen LogP contribution in [-0.2, 0) is 4.79 Å². The molecule has 0 aliphatic carbocycles. The van der Waals surface area contributed by atoms with Crippen molar-refractivity contribution in [3.8, 4) is 16.9 Å². The number of amides is 2. The van der Waals surface area contributed by atoms with Crippen molar-refractivity contribution < 1.29 is 23.1 Å². The van der Waals surface area contributed by atoms with Crippen LogP contribution in [0, 0.1) is 17.7 Å². The summed E-state index contributed by atoms with van der Waals surface area (Å²) in [6.07, 6.45) is 4.03. The third-order valence-electron chi connectivity index (χ3n) is 8.54. The fourth-order valence-electron chi connectivity index (χ4n) is 5.64. The van der Waals surface area contributed by atoms with Crippen molar-refractivity contribution in [2.75, 3.05) is 39.3 Å². The molecular formula is C31H41F2N3O3. The summed E-state index contributed by atoms with van der Waals surface area (Å²) < 4.78 is 35.8. The van der Waals surface area contributed by atoms with E-state index in [0.29, 0.717) is 63.4 Å². The summed E-state index contributed by atoms with van der Waals surface area (Å²) in [6.45, 7) is 7.45. The van der Waals surface area contributed by atoms with Gasteiger partial charge in [0.15, 0.2) is 0 Å². The Kier molecular flexibility index (Phi) is 9.59. The third kappa shape index (κ3) is 7.15. The first-order valence-electron chi connectivity index (χ1n) is 14.2. The molecule has 212 valence electrons. The van der Waals surface area contributed by atoms with Gasteiger partial charge in [-0.15, -0.1) is 0 Å². The molecule has 0 atom stereocenters. The summed E-state index contributed by atoms with van der Waals surface area (Å²) in [6, 6.07) is 12.0. The SMILES string of the molecule is CCC(F)(CC)CN1CCC(COc2ccc(-c3cccc(F)c3C(=O)N3CCC(C(N)=O)CC3)cc2)CC1. The molecule has 2 saturated heterocycles. The number of ether oxygens (including phenoxy) is 1. The van der Waals surface area contributed by atoms with E-state index in [1.54, 1.807) is 17.0 Å². The lowest BCUT2D eigenvalue weighted by Gasteiger charge is -2.36. The molecule has 2 aromatic carbocycles. The number of hydrogen-bond acceptors (Lipinski definition) is 4. The van der Waals surface area contributed by atoms with E-state index in [9.17, 15) is 18.4 Å². The van der Waals surface area contributed by atoms with Crippen molar-refractivity contribution in [1.29, 1.82) is 0 Å². The number of likely N-dealkylation sites (tertiary alicyclic amines) is 2. The summed E-state index contributed by atoms with van der Waals surface area (Å²) >= 11 is 0. The lowest BCUT2D eigenvalue weighted by Crippen LogP contribution is -2.44. The van der Waals surface area contributed by atoms with E-state index in [1.807, 2.05) is 38.1 Å². The summed E-state index contributed by atoms with van der Waals surface area (Å²) in [5.41, 5.74) is 5.61. The lowest BCUT2D eigenvalue weighted by atomic mass is 9.94. The van der Waals surface area contributed by atoms with Crippen molar-refractivity contribution in [2.45, 2.75) is 58.0 Å². The van der Waals surface area contributed by atoms with Gasteiger partial charge in [-0.25, -0.2) is 8.78 Å². The fraction of sp³-hybridized carbons (Fsp3) is 0.548. The van der Waals surface area contributed by atoms with E-state index in [-0.39, 0.29) is 23.3 Å². The molecule has 0 spiro atoms. The van der Waals surface area contributed by atoms with Crippen LogP contribution < -0.4 is 10.5 Å². The van der Waals surface area contributed by atoms with E-state index < -0.39 is 11.5 Å². The Morgan fingerprint density at radius 1 is 0.974 bits per heavy atom. The van der Waals surface area contributed by atoms with Crippen molar-refractivity contribution in [3.05, 3.63) is 53.8 Å². The Hall–Kier alpha value is -3.00. The molecule has 8 heteroatoms. The Morgan fingerprint density at radius 2 is 1.62 bits per heavy atom. The van der Waals surface area contributed by atoms with Crippen LogP contribution in [0.25, 0.3) is 11.1 Å². The lowest BCUT2D eigenvalue weighted by molar-refractivity contribution is -0.123. The van der Waals surface area contributed by atoms with Crippen LogP contribution in [0.5, 0.6) is 5.75 Å². The quantitative estimate of drug-likeness (QED) is 0.434. The van der Waals surface area contributed by atoms with Crippen LogP contribution in [0.4, 0.5) is 8.78 Å². The molecule has 2 aromatic rings. The maximum absolute atomic E-state index is 14.9. The molecule has 2 amide bonds. The Morgan fingerprint density at radius 3 is 2.21 bits per heavy atom. The first-order valence-corrected chi connectivity index (χ1v) is 14.2. The van der Waals surface area contributed by atoms with Gasteiger partial charge in [-0.05, 0) is 86.9 Å². The third-order valence-corrected chi connectivity index (χ3v) is 8.54. The van der Waals surface area contributed by atoms with E-state index in [4.69, 9.17) is 10.5 Å². The zero-order valence-electron chi connectivity index (χ0n) is 23.1. The van der Waals surface area contributed by atoms with Gasteiger partial charge in [0.1, 0.15) is 17.2 Å². The zero-order chi connectivity index (χ0) is 28.0. The molecule has 2 aliphatic heterocycles. The normalized spacial score (nSPS) is 17.8. The van der Waals surface area contributed by atoms with Crippen molar-refractivity contribution in [1.82, 2.24) is 9.80 Å². The van der Waals surface area contributed by atoms with Gasteiger partial charge in [-0.2, -0.15) is 0 Å². The number of carbonyl (C=O) groups excluding carboxylic acids is 2. The number of piperidine rings is 2. The van der Waals surface area contributed by atoms with Crippen LogP contribution in [0.1, 0.15) is 62.7 Å². The summed E-state index contributed by atoms with van der Waals surface area (Å²) in [5, 5.41) is 0.